The number of halogens is 4. The predicted octanol–water partition coefficient (Wildman–Crippen LogP) is 3.57. The molecule has 0 aliphatic carbocycles. The Balaban J connectivity index is 1.84. The van der Waals surface area contributed by atoms with Crippen LogP contribution in [0.3, 0.4) is 0 Å². The molecule has 0 aliphatic heterocycles. The number of fused-ring (bicyclic) bond motifs is 2. The number of pyridine rings is 1. The quantitative estimate of drug-likeness (QED) is 0.467. The lowest BCUT2D eigenvalue weighted by Gasteiger charge is -2.10. The summed E-state index contributed by atoms with van der Waals surface area (Å²) < 4.78 is 46.0. The highest BCUT2D eigenvalue weighted by Crippen LogP contribution is 2.33. The Morgan fingerprint density at radius 1 is 1.21 bits per heavy atom. The summed E-state index contributed by atoms with van der Waals surface area (Å²) in [6.45, 7) is 1.62. The van der Waals surface area contributed by atoms with Crippen LogP contribution in [0.4, 0.5) is 13.2 Å². The third-order valence-corrected chi connectivity index (χ3v) is 4.70. The van der Waals surface area contributed by atoms with Crippen molar-refractivity contribution in [1.29, 1.82) is 0 Å². The third kappa shape index (κ3) is 3.16. The fraction of sp³-hybridized carbons (Fsp3) is 0.235. The molecule has 0 aliphatic rings. The highest BCUT2D eigenvalue weighted by Gasteiger charge is 2.32. The minimum Gasteiger partial charge on any atom is -0.467 e. The van der Waals surface area contributed by atoms with Gasteiger partial charge < -0.3 is 4.74 Å². The van der Waals surface area contributed by atoms with Gasteiger partial charge in [-0.2, -0.15) is 18.3 Å². The SMILES string of the molecule is COC(=O)C(C)n1nnc2cc3c(cnn3-c3ncc(C(F)(F)F)cc3Cl)cc21. The van der Waals surface area contributed by atoms with E-state index in [9.17, 15) is 18.0 Å². The number of hydrogen-bond donors (Lipinski definition) is 0. The summed E-state index contributed by atoms with van der Waals surface area (Å²) in [5, 5.41) is 12.7. The first-order valence-corrected chi connectivity index (χ1v) is 8.62. The molecule has 0 N–H and O–H groups in total. The molecule has 4 aromatic rings. The average Bonchev–Trinajstić information content (AvgIpc) is 3.27. The number of rotatable bonds is 3. The van der Waals surface area contributed by atoms with Crippen molar-refractivity contribution in [1.82, 2.24) is 29.8 Å². The smallest absolute Gasteiger partial charge is 0.417 e. The standard InChI is InChI=1S/C17H12ClF3N6O2/c1-8(16(28)29-2)26-14-3-9-6-23-27(13(9)5-12(14)24-25-26)15-11(18)4-10(7-22-15)17(19,20)21/h3-8H,1-2H3. The maximum Gasteiger partial charge on any atom is 0.417 e. The van der Waals surface area contributed by atoms with Crippen molar-refractivity contribution in [2.45, 2.75) is 19.1 Å². The van der Waals surface area contributed by atoms with Crippen molar-refractivity contribution in [3.63, 3.8) is 0 Å². The Bertz CT molecular complexity index is 1250. The zero-order valence-electron chi connectivity index (χ0n) is 15.0. The van der Waals surface area contributed by atoms with E-state index in [-0.39, 0.29) is 10.8 Å². The molecule has 0 radical (unpaired) electrons. The number of aromatic nitrogens is 6. The van der Waals surface area contributed by atoms with Gasteiger partial charge in [-0.3, -0.25) is 0 Å². The van der Waals surface area contributed by atoms with Gasteiger partial charge in [0.05, 0.1) is 34.9 Å². The van der Waals surface area contributed by atoms with Crippen molar-refractivity contribution in [3.05, 3.63) is 41.2 Å². The summed E-state index contributed by atoms with van der Waals surface area (Å²) in [5.74, 6) is -0.433. The molecule has 0 saturated carbocycles. The molecule has 150 valence electrons. The number of benzene rings is 1. The number of hydrogen-bond acceptors (Lipinski definition) is 6. The van der Waals surface area contributed by atoms with Crippen LogP contribution in [0.25, 0.3) is 27.8 Å². The Hall–Kier alpha value is -3.21. The second-order valence-corrected chi connectivity index (χ2v) is 6.62. The molecule has 12 heteroatoms. The van der Waals surface area contributed by atoms with Crippen molar-refractivity contribution < 1.29 is 22.7 Å². The predicted molar refractivity (Wildman–Crippen MR) is 96.7 cm³/mol. The van der Waals surface area contributed by atoms with Crippen LogP contribution in [0.5, 0.6) is 0 Å². The van der Waals surface area contributed by atoms with Gasteiger partial charge in [-0.15, -0.1) is 5.10 Å². The van der Waals surface area contributed by atoms with E-state index in [1.54, 1.807) is 19.1 Å². The monoisotopic (exact) mass is 424 g/mol. The molecule has 1 unspecified atom stereocenters. The maximum atomic E-state index is 12.8. The van der Waals surface area contributed by atoms with Crippen LogP contribution in [0.2, 0.25) is 5.02 Å². The fourth-order valence-electron chi connectivity index (χ4n) is 2.93. The van der Waals surface area contributed by atoms with E-state index in [1.807, 2.05) is 0 Å². The van der Waals surface area contributed by atoms with Crippen LogP contribution in [-0.2, 0) is 15.7 Å². The number of methoxy groups -OCH3 is 1. The first-order valence-electron chi connectivity index (χ1n) is 8.24. The van der Waals surface area contributed by atoms with Gasteiger partial charge in [-0.05, 0) is 25.1 Å². The van der Waals surface area contributed by atoms with E-state index >= 15 is 0 Å². The lowest BCUT2D eigenvalue weighted by atomic mass is 10.2. The molecule has 3 heterocycles. The first-order chi connectivity index (χ1) is 13.7. The lowest BCUT2D eigenvalue weighted by molar-refractivity contribution is -0.144. The van der Waals surface area contributed by atoms with E-state index in [1.165, 1.54) is 22.7 Å². The third-order valence-electron chi connectivity index (χ3n) is 4.42. The van der Waals surface area contributed by atoms with E-state index in [2.05, 4.69) is 20.4 Å². The van der Waals surface area contributed by atoms with Gasteiger partial charge in [0.25, 0.3) is 0 Å². The molecule has 0 saturated heterocycles. The minimum atomic E-state index is -4.55. The number of nitrogens with zero attached hydrogens (tertiary/aromatic N) is 6. The Labute approximate surface area is 165 Å². The summed E-state index contributed by atoms with van der Waals surface area (Å²) in [6.07, 6.45) is -2.35. The average molecular weight is 425 g/mol. The molecule has 0 amide bonds. The molecule has 29 heavy (non-hydrogen) atoms. The van der Waals surface area contributed by atoms with Crippen LogP contribution >= 0.6 is 11.6 Å². The molecule has 0 bridgehead atoms. The summed E-state index contributed by atoms with van der Waals surface area (Å²) in [7, 11) is 1.28. The maximum absolute atomic E-state index is 12.8. The summed E-state index contributed by atoms with van der Waals surface area (Å²) in [5.41, 5.74) is 0.591. The summed E-state index contributed by atoms with van der Waals surface area (Å²) in [6, 6.07) is 3.46. The van der Waals surface area contributed by atoms with Crippen LogP contribution in [0.1, 0.15) is 18.5 Å². The Morgan fingerprint density at radius 2 is 1.97 bits per heavy atom. The highest BCUT2D eigenvalue weighted by molar-refractivity contribution is 6.32. The summed E-state index contributed by atoms with van der Waals surface area (Å²) in [4.78, 5) is 15.6. The van der Waals surface area contributed by atoms with Crippen molar-refractivity contribution in [2.75, 3.05) is 7.11 Å². The normalized spacial score (nSPS) is 13.2. The molecule has 3 aromatic heterocycles. The van der Waals surface area contributed by atoms with Crippen LogP contribution < -0.4 is 0 Å². The van der Waals surface area contributed by atoms with Gasteiger partial charge in [0, 0.05) is 11.6 Å². The molecule has 8 nitrogen and oxygen atoms in total. The topological polar surface area (TPSA) is 87.7 Å². The van der Waals surface area contributed by atoms with Crippen molar-refractivity contribution in [2.24, 2.45) is 0 Å². The van der Waals surface area contributed by atoms with Crippen LogP contribution in [0, 0.1) is 0 Å². The number of ether oxygens (including phenoxy) is 1. The van der Waals surface area contributed by atoms with Gasteiger partial charge in [0.15, 0.2) is 5.82 Å². The van der Waals surface area contributed by atoms with Crippen LogP contribution in [-0.4, -0.2) is 42.8 Å². The van der Waals surface area contributed by atoms with Crippen molar-refractivity contribution in [3.8, 4) is 5.82 Å². The molecule has 0 spiro atoms. The first kappa shape index (κ1) is 19.1. The Kier molecular flexibility index (Phi) is 4.41. The van der Waals surface area contributed by atoms with E-state index in [0.29, 0.717) is 28.1 Å². The number of alkyl halides is 3. The minimum absolute atomic E-state index is 0.0457. The zero-order valence-corrected chi connectivity index (χ0v) is 15.7. The van der Waals surface area contributed by atoms with Gasteiger partial charge >= 0.3 is 12.1 Å². The molecule has 4 rings (SSSR count). The number of carbonyl (C=O) groups is 1. The second kappa shape index (κ2) is 6.69. The van der Waals surface area contributed by atoms with E-state index in [0.717, 1.165) is 6.07 Å². The molecule has 1 aromatic carbocycles. The number of esters is 1. The molecular formula is C17H12ClF3N6O2. The van der Waals surface area contributed by atoms with E-state index in [4.69, 9.17) is 16.3 Å². The Morgan fingerprint density at radius 3 is 2.62 bits per heavy atom. The molecule has 1 atom stereocenters. The molecule has 0 fully saturated rings. The van der Waals surface area contributed by atoms with Gasteiger partial charge in [0.1, 0.15) is 11.6 Å². The second-order valence-electron chi connectivity index (χ2n) is 6.22. The highest BCUT2D eigenvalue weighted by atomic mass is 35.5. The number of carbonyl (C=O) groups excluding carboxylic acids is 1. The van der Waals surface area contributed by atoms with Gasteiger partial charge in [-0.1, -0.05) is 16.8 Å². The summed E-state index contributed by atoms with van der Waals surface area (Å²) >= 11 is 6.04. The van der Waals surface area contributed by atoms with Gasteiger partial charge in [-0.25, -0.2) is 19.1 Å². The largest absolute Gasteiger partial charge is 0.467 e. The fourth-order valence-corrected chi connectivity index (χ4v) is 3.17. The zero-order chi connectivity index (χ0) is 20.9. The van der Waals surface area contributed by atoms with Crippen LogP contribution in [0.15, 0.2) is 30.6 Å². The van der Waals surface area contributed by atoms with E-state index < -0.39 is 23.8 Å². The van der Waals surface area contributed by atoms with Gasteiger partial charge in [0.2, 0.25) is 0 Å². The lowest BCUT2D eigenvalue weighted by Crippen LogP contribution is -2.18. The van der Waals surface area contributed by atoms with Crippen molar-refractivity contribution >= 4 is 39.5 Å². The molecular weight excluding hydrogens is 413 g/mol.